The maximum Gasteiger partial charge on any atom is 0.137 e. The van der Waals surface area contributed by atoms with Gasteiger partial charge in [0.25, 0.3) is 0 Å². The van der Waals surface area contributed by atoms with Gasteiger partial charge in [-0.3, -0.25) is 0 Å². The molecule has 3 rings (SSSR count). The van der Waals surface area contributed by atoms with Crippen molar-refractivity contribution in [3.63, 3.8) is 0 Å². The number of hydrogen-bond donors (Lipinski definition) is 1. The molecule has 21 heavy (non-hydrogen) atoms. The van der Waals surface area contributed by atoms with Crippen LogP contribution in [-0.2, 0) is 0 Å². The lowest BCUT2D eigenvalue weighted by Crippen LogP contribution is -2.21. The van der Waals surface area contributed by atoms with Gasteiger partial charge in [-0.1, -0.05) is 6.92 Å². The molecule has 1 nitrogen and oxygen atoms in total. The van der Waals surface area contributed by atoms with Gasteiger partial charge in [-0.15, -0.1) is 11.3 Å². The summed E-state index contributed by atoms with van der Waals surface area (Å²) in [7, 11) is 0. The molecule has 0 aliphatic heterocycles. The maximum absolute atomic E-state index is 13.8. The van der Waals surface area contributed by atoms with Gasteiger partial charge >= 0.3 is 0 Å². The van der Waals surface area contributed by atoms with Gasteiger partial charge in [0.05, 0.1) is 5.56 Å². The predicted octanol–water partition coefficient (Wildman–Crippen LogP) is 4.89. The van der Waals surface area contributed by atoms with Crippen LogP contribution < -0.4 is 5.32 Å². The van der Waals surface area contributed by atoms with Gasteiger partial charge in [-0.25, -0.2) is 13.2 Å². The molecule has 0 spiro atoms. The Kier molecular flexibility index (Phi) is 4.04. The third-order valence-electron chi connectivity index (χ3n) is 3.70. The molecule has 1 fully saturated rings. The summed E-state index contributed by atoms with van der Waals surface area (Å²) >= 11 is 1.37. The van der Waals surface area contributed by atoms with Crippen molar-refractivity contribution in [2.75, 3.05) is 6.54 Å². The molecule has 1 heterocycles. The van der Waals surface area contributed by atoms with E-state index in [2.05, 4.69) is 5.32 Å². The molecular formula is C16H16F3NS. The highest BCUT2D eigenvalue weighted by Crippen LogP contribution is 2.44. The summed E-state index contributed by atoms with van der Waals surface area (Å²) in [5.74, 6) is -1.99. The van der Waals surface area contributed by atoms with Crippen LogP contribution in [0.3, 0.4) is 0 Å². The summed E-state index contributed by atoms with van der Waals surface area (Å²) in [4.78, 5) is 1.58. The van der Waals surface area contributed by atoms with Crippen LogP contribution in [0.25, 0.3) is 10.4 Å². The summed E-state index contributed by atoms with van der Waals surface area (Å²) in [6.07, 6.45) is 2.37. The Labute approximate surface area is 125 Å². The number of nitrogens with one attached hydrogen (secondary N) is 1. The van der Waals surface area contributed by atoms with Crippen LogP contribution in [0.2, 0.25) is 0 Å². The fourth-order valence-electron chi connectivity index (χ4n) is 2.58. The highest BCUT2D eigenvalue weighted by molar-refractivity contribution is 7.15. The van der Waals surface area contributed by atoms with Crippen LogP contribution >= 0.6 is 11.3 Å². The molecule has 1 saturated carbocycles. The second-order valence-corrected chi connectivity index (χ2v) is 6.43. The van der Waals surface area contributed by atoms with E-state index < -0.39 is 17.5 Å². The minimum atomic E-state index is -0.894. The van der Waals surface area contributed by atoms with Crippen LogP contribution in [0, 0.1) is 23.4 Å². The van der Waals surface area contributed by atoms with Crippen molar-refractivity contribution in [1.82, 2.24) is 5.32 Å². The van der Waals surface area contributed by atoms with Gasteiger partial charge in [-0.05, 0) is 37.4 Å². The fourth-order valence-corrected chi connectivity index (χ4v) is 3.81. The maximum atomic E-state index is 13.8. The Morgan fingerprint density at radius 3 is 2.43 bits per heavy atom. The molecule has 1 atom stereocenters. The van der Waals surface area contributed by atoms with Crippen molar-refractivity contribution in [1.29, 1.82) is 0 Å². The molecule has 0 amide bonds. The van der Waals surface area contributed by atoms with Crippen molar-refractivity contribution in [3.05, 3.63) is 46.6 Å². The summed E-state index contributed by atoms with van der Waals surface area (Å²) < 4.78 is 40.7. The number of hydrogen-bond acceptors (Lipinski definition) is 2. The van der Waals surface area contributed by atoms with Crippen LogP contribution in [0.4, 0.5) is 13.2 Å². The van der Waals surface area contributed by atoms with E-state index in [1.807, 2.05) is 13.0 Å². The smallest absolute Gasteiger partial charge is 0.137 e. The molecule has 1 N–H and O–H groups in total. The van der Waals surface area contributed by atoms with Crippen molar-refractivity contribution in [2.45, 2.75) is 25.8 Å². The number of halogens is 3. The minimum Gasteiger partial charge on any atom is -0.309 e. The summed E-state index contributed by atoms with van der Waals surface area (Å²) in [6.45, 7) is 2.90. The average molecular weight is 311 g/mol. The van der Waals surface area contributed by atoms with E-state index in [9.17, 15) is 13.2 Å². The summed E-state index contributed by atoms with van der Waals surface area (Å²) in [5.41, 5.74) is -0.140. The standard InChI is InChI=1S/C16H16F3NS/c1-2-20-16(9-3-4-9)14-6-5-13(21-14)15-11(18)7-10(17)8-12(15)19/h5-9,16,20H,2-4H2,1H3. The highest BCUT2D eigenvalue weighted by atomic mass is 32.1. The van der Waals surface area contributed by atoms with E-state index in [4.69, 9.17) is 0 Å². The predicted molar refractivity (Wildman–Crippen MR) is 78.8 cm³/mol. The fraction of sp³-hybridized carbons (Fsp3) is 0.375. The molecule has 2 aromatic rings. The molecule has 1 aliphatic carbocycles. The third kappa shape index (κ3) is 2.99. The molecule has 1 aromatic carbocycles. The van der Waals surface area contributed by atoms with Crippen LogP contribution in [-0.4, -0.2) is 6.54 Å². The first kappa shape index (κ1) is 14.6. The first-order valence-electron chi connectivity index (χ1n) is 7.08. The number of benzene rings is 1. The van der Waals surface area contributed by atoms with Crippen LogP contribution in [0.1, 0.15) is 30.7 Å². The Balaban J connectivity index is 1.94. The number of rotatable bonds is 5. The minimum absolute atomic E-state index is 0.140. The zero-order valence-electron chi connectivity index (χ0n) is 11.6. The van der Waals surface area contributed by atoms with E-state index >= 15 is 0 Å². The summed E-state index contributed by atoms with van der Waals surface area (Å²) in [6, 6.07) is 5.32. The van der Waals surface area contributed by atoms with E-state index in [1.165, 1.54) is 24.2 Å². The molecular weight excluding hydrogens is 295 g/mol. The van der Waals surface area contributed by atoms with E-state index in [0.29, 0.717) is 10.8 Å². The van der Waals surface area contributed by atoms with Crippen LogP contribution in [0.15, 0.2) is 24.3 Å². The van der Waals surface area contributed by atoms with Crippen molar-refractivity contribution in [3.8, 4) is 10.4 Å². The Hall–Kier alpha value is -1.33. The second-order valence-electron chi connectivity index (χ2n) is 5.32. The average Bonchev–Trinajstić information content (AvgIpc) is 3.14. The van der Waals surface area contributed by atoms with Gasteiger partial charge in [0.1, 0.15) is 17.5 Å². The first-order chi connectivity index (χ1) is 10.1. The molecule has 5 heteroatoms. The molecule has 1 aromatic heterocycles. The zero-order chi connectivity index (χ0) is 15.0. The SMILES string of the molecule is CCNC(c1ccc(-c2c(F)cc(F)cc2F)s1)C1CC1. The van der Waals surface area contributed by atoms with Crippen molar-refractivity contribution >= 4 is 11.3 Å². The lowest BCUT2D eigenvalue weighted by molar-refractivity contribution is 0.504. The van der Waals surface area contributed by atoms with Gasteiger partial charge in [0.15, 0.2) is 0 Å². The largest absolute Gasteiger partial charge is 0.309 e. The normalized spacial score (nSPS) is 16.2. The Morgan fingerprint density at radius 1 is 1.19 bits per heavy atom. The van der Waals surface area contributed by atoms with Crippen molar-refractivity contribution in [2.24, 2.45) is 5.92 Å². The Bertz CT molecular complexity index is 626. The lowest BCUT2D eigenvalue weighted by Gasteiger charge is -2.15. The molecule has 0 bridgehead atoms. The van der Waals surface area contributed by atoms with E-state index in [1.54, 1.807) is 6.07 Å². The van der Waals surface area contributed by atoms with Gasteiger partial charge in [-0.2, -0.15) is 0 Å². The molecule has 0 radical (unpaired) electrons. The van der Waals surface area contributed by atoms with E-state index in [-0.39, 0.29) is 11.6 Å². The second kappa shape index (κ2) is 5.81. The van der Waals surface area contributed by atoms with Crippen LogP contribution in [0.5, 0.6) is 0 Å². The summed E-state index contributed by atoms with van der Waals surface area (Å²) in [5, 5.41) is 3.43. The monoisotopic (exact) mass is 311 g/mol. The molecule has 1 unspecified atom stereocenters. The van der Waals surface area contributed by atoms with Gasteiger partial charge in [0, 0.05) is 27.9 Å². The zero-order valence-corrected chi connectivity index (χ0v) is 12.4. The van der Waals surface area contributed by atoms with E-state index in [0.717, 1.165) is 23.6 Å². The molecule has 1 aliphatic rings. The third-order valence-corrected chi connectivity index (χ3v) is 4.89. The number of thiophene rings is 1. The first-order valence-corrected chi connectivity index (χ1v) is 7.89. The quantitative estimate of drug-likeness (QED) is 0.828. The van der Waals surface area contributed by atoms with Gasteiger partial charge in [0.2, 0.25) is 0 Å². The molecule has 0 saturated heterocycles. The molecule has 112 valence electrons. The van der Waals surface area contributed by atoms with Crippen molar-refractivity contribution < 1.29 is 13.2 Å². The topological polar surface area (TPSA) is 12.0 Å². The van der Waals surface area contributed by atoms with Gasteiger partial charge < -0.3 is 5.32 Å². The Morgan fingerprint density at radius 2 is 1.86 bits per heavy atom. The lowest BCUT2D eigenvalue weighted by atomic mass is 10.1. The highest BCUT2D eigenvalue weighted by Gasteiger charge is 2.32.